The second-order valence-corrected chi connectivity index (χ2v) is 9.86. The SMILES string of the molecule is CCCC[C@@H](CC)CN1C(=O)/C(=C/c2c(Oc3ccccc3)nc3ccccn3c2=O)SC1=S. The Bertz CT molecular complexity index is 1290. The Labute approximate surface area is 208 Å². The van der Waals surface area contributed by atoms with Crippen LogP contribution in [0.2, 0.25) is 0 Å². The van der Waals surface area contributed by atoms with Gasteiger partial charge in [0.2, 0.25) is 5.88 Å². The number of carbonyl (C=O) groups is 1. The largest absolute Gasteiger partial charge is 0.438 e. The van der Waals surface area contributed by atoms with Gasteiger partial charge in [0.25, 0.3) is 11.5 Å². The third-order valence-electron chi connectivity index (χ3n) is 5.82. The number of thiocarbonyl (C=S) groups is 1. The van der Waals surface area contributed by atoms with Crippen molar-refractivity contribution in [2.45, 2.75) is 39.5 Å². The van der Waals surface area contributed by atoms with Gasteiger partial charge >= 0.3 is 0 Å². The summed E-state index contributed by atoms with van der Waals surface area (Å²) in [7, 11) is 0. The first-order valence-corrected chi connectivity index (χ1v) is 12.7. The molecule has 4 rings (SSSR count). The van der Waals surface area contributed by atoms with E-state index < -0.39 is 0 Å². The Morgan fingerprint density at radius 3 is 2.62 bits per heavy atom. The predicted molar refractivity (Wildman–Crippen MR) is 141 cm³/mol. The minimum atomic E-state index is -0.309. The van der Waals surface area contributed by atoms with Crippen LogP contribution in [0.25, 0.3) is 11.7 Å². The van der Waals surface area contributed by atoms with Crippen LogP contribution >= 0.6 is 24.0 Å². The van der Waals surface area contributed by atoms with Crippen molar-refractivity contribution in [2.24, 2.45) is 5.92 Å². The first kappa shape index (κ1) is 24.2. The van der Waals surface area contributed by atoms with E-state index in [1.165, 1.54) is 16.2 Å². The molecule has 0 aliphatic carbocycles. The van der Waals surface area contributed by atoms with Crippen LogP contribution in [0.3, 0.4) is 0 Å². The zero-order chi connectivity index (χ0) is 24.1. The fourth-order valence-corrected chi connectivity index (χ4v) is 5.10. The van der Waals surface area contributed by atoms with Crippen LogP contribution in [-0.4, -0.2) is 31.1 Å². The van der Waals surface area contributed by atoms with Crippen LogP contribution in [0.5, 0.6) is 11.6 Å². The number of ether oxygens (including phenoxy) is 1. The van der Waals surface area contributed by atoms with Gasteiger partial charge in [-0.1, -0.05) is 81.4 Å². The molecule has 176 valence electrons. The average molecular weight is 494 g/mol. The molecule has 34 heavy (non-hydrogen) atoms. The van der Waals surface area contributed by atoms with Gasteiger partial charge in [-0.3, -0.25) is 18.9 Å². The molecule has 1 aliphatic heterocycles. The first-order chi connectivity index (χ1) is 16.5. The second-order valence-electron chi connectivity index (χ2n) is 8.19. The molecule has 2 aromatic heterocycles. The lowest BCUT2D eigenvalue weighted by Gasteiger charge is -2.21. The highest BCUT2D eigenvalue weighted by molar-refractivity contribution is 8.26. The minimum Gasteiger partial charge on any atom is -0.438 e. The van der Waals surface area contributed by atoms with E-state index in [-0.39, 0.29) is 22.9 Å². The van der Waals surface area contributed by atoms with Crippen molar-refractivity contribution in [1.82, 2.24) is 14.3 Å². The first-order valence-electron chi connectivity index (χ1n) is 11.5. The monoisotopic (exact) mass is 493 g/mol. The van der Waals surface area contributed by atoms with Crippen LogP contribution in [0.15, 0.2) is 64.4 Å². The molecule has 1 aromatic carbocycles. The standard InChI is InChI=1S/C26H27N3O3S2/c1-3-5-11-18(4-2)17-29-25(31)21(34-26(29)33)16-20-23(32-19-12-7-6-8-13-19)27-22-14-9-10-15-28(22)24(20)30/h6-10,12-16,18H,3-5,11,17H2,1-2H3/b21-16-/t18-/m1/s1. The molecule has 3 aromatic rings. The maximum atomic E-state index is 13.4. The molecular formula is C26H27N3O3S2. The molecular weight excluding hydrogens is 466 g/mol. The highest BCUT2D eigenvalue weighted by atomic mass is 32.2. The summed E-state index contributed by atoms with van der Waals surface area (Å²) in [6, 6.07) is 14.5. The normalized spacial score (nSPS) is 15.9. The van der Waals surface area contributed by atoms with Crippen molar-refractivity contribution in [3.8, 4) is 11.6 Å². The van der Waals surface area contributed by atoms with Gasteiger partial charge in [-0.25, -0.2) is 0 Å². The van der Waals surface area contributed by atoms with Gasteiger partial charge in [-0.2, -0.15) is 4.98 Å². The second kappa shape index (κ2) is 11.0. The Balaban J connectivity index is 1.71. The van der Waals surface area contributed by atoms with Gasteiger partial charge in [-0.15, -0.1) is 0 Å². The highest BCUT2D eigenvalue weighted by Gasteiger charge is 2.34. The van der Waals surface area contributed by atoms with E-state index in [1.807, 2.05) is 24.3 Å². The van der Waals surface area contributed by atoms with Gasteiger partial charge in [0.05, 0.1) is 4.91 Å². The molecule has 0 saturated carbocycles. The molecule has 0 N–H and O–H groups in total. The molecule has 3 heterocycles. The summed E-state index contributed by atoms with van der Waals surface area (Å²) < 4.78 is 7.95. The van der Waals surface area contributed by atoms with Crippen molar-refractivity contribution in [3.05, 3.63) is 75.6 Å². The maximum absolute atomic E-state index is 13.4. The Morgan fingerprint density at radius 1 is 1.12 bits per heavy atom. The van der Waals surface area contributed by atoms with Gasteiger partial charge < -0.3 is 4.74 Å². The molecule has 8 heteroatoms. The van der Waals surface area contributed by atoms with E-state index in [9.17, 15) is 9.59 Å². The average Bonchev–Trinajstić information content (AvgIpc) is 3.11. The summed E-state index contributed by atoms with van der Waals surface area (Å²) in [5.41, 5.74) is 0.368. The quantitative estimate of drug-likeness (QED) is 0.273. The Hall–Kier alpha value is -2.97. The molecule has 1 saturated heterocycles. The summed E-state index contributed by atoms with van der Waals surface area (Å²) in [5, 5.41) is 0. The number of benzene rings is 1. The fourth-order valence-electron chi connectivity index (χ4n) is 3.85. The van der Waals surface area contributed by atoms with Crippen LogP contribution in [-0.2, 0) is 4.79 Å². The molecule has 0 unspecified atom stereocenters. The number of hydrogen-bond donors (Lipinski definition) is 0. The van der Waals surface area contributed by atoms with Crippen molar-refractivity contribution >= 4 is 45.9 Å². The zero-order valence-corrected chi connectivity index (χ0v) is 20.9. The number of nitrogens with zero attached hydrogens (tertiary/aromatic N) is 3. The fraction of sp³-hybridized carbons (Fsp3) is 0.308. The third kappa shape index (κ3) is 5.23. The number of pyridine rings is 1. The van der Waals surface area contributed by atoms with Crippen LogP contribution in [0.1, 0.15) is 45.1 Å². The van der Waals surface area contributed by atoms with Crippen molar-refractivity contribution < 1.29 is 9.53 Å². The summed E-state index contributed by atoms with van der Waals surface area (Å²) in [5.74, 6) is 0.931. The van der Waals surface area contributed by atoms with Crippen molar-refractivity contribution in [2.75, 3.05) is 6.54 Å². The summed E-state index contributed by atoms with van der Waals surface area (Å²) in [6.07, 6.45) is 7.52. The van der Waals surface area contributed by atoms with Crippen LogP contribution < -0.4 is 10.3 Å². The molecule has 1 fully saturated rings. The molecule has 1 amide bonds. The summed E-state index contributed by atoms with van der Waals surface area (Å²) in [4.78, 5) is 33.3. The Morgan fingerprint density at radius 2 is 1.88 bits per heavy atom. The van der Waals surface area contributed by atoms with E-state index in [2.05, 4.69) is 18.8 Å². The van der Waals surface area contributed by atoms with E-state index in [4.69, 9.17) is 17.0 Å². The van der Waals surface area contributed by atoms with E-state index >= 15 is 0 Å². The van der Waals surface area contributed by atoms with E-state index in [0.717, 1.165) is 25.7 Å². The van der Waals surface area contributed by atoms with E-state index in [0.29, 0.717) is 33.1 Å². The topological polar surface area (TPSA) is 63.9 Å². The lowest BCUT2D eigenvalue weighted by molar-refractivity contribution is -0.122. The summed E-state index contributed by atoms with van der Waals surface area (Å²) >= 11 is 6.75. The number of unbranched alkanes of at least 4 members (excludes halogenated alkanes) is 1. The van der Waals surface area contributed by atoms with Crippen LogP contribution in [0.4, 0.5) is 0 Å². The smallest absolute Gasteiger partial charge is 0.269 e. The molecule has 0 radical (unpaired) electrons. The lowest BCUT2D eigenvalue weighted by Crippen LogP contribution is -2.33. The number of rotatable bonds is 9. The number of aromatic nitrogens is 2. The Kier molecular flexibility index (Phi) is 7.80. The number of fused-ring (bicyclic) bond motifs is 1. The van der Waals surface area contributed by atoms with Crippen LogP contribution in [0, 0.1) is 5.92 Å². The zero-order valence-electron chi connectivity index (χ0n) is 19.3. The van der Waals surface area contributed by atoms with Gasteiger partial charge in [0.15, 0.2) is 0 Å². The molecule has 1 aliphatic rings. The van der Waals surface area contributed by atoms with Gasteiger partial charge in [-0.05, 0) is 42.7 Å². The predicted octanol–water partition coefficient (Wildman–Crippen LogP) is 5.90. The van der Waals surface area contributed by atoms with Crippen molar-refractivity contribution in [3.63, 3.8) is 0 Å². The number of carbonyl (C=O) groups excluding carboxylic acids is 1. The molecule has 0 bridgehead atoms. The highest BCUT2D eigenvalue weighted by Crippen LogP contribution is 2.35. The number of para-hydroxylation sites is 1. The van der Waals surface area contributed by atoms with E-state index in [1.54, 1.807) is 41.4 Å². The van der Waals surface area contributed by atoms with Gasteiger partial charge in [0, 0.05) is 12.7 Å². The summed E-state index contributed by atoms with van der Waals surface area (Å²) in [6.45, 7) is 4.91. The lowest BCUT2D eigenvalue weighted by atomic mass is 9.99. The number of hydrogen-bond acceptors (Lipinski definition) is 6. The molecule has 1 atom stereocenters. The minimum absolute atomic E-state index is 0.155. The third-order valence-corrected chi connectivity index (χ3v) is 7.20. The number of amides is 1. The molecule has 6 nitrogen and oxygen atoms in total. The van der Waals surface area contributed by atoms with Crippen molar-refractivity contribution in [1.29, 1.82) is 0 Å². The maximum Gasteiger partial charge on any atom is 0.269 e. The molecule has 0 spiro atoms. The number of thioether (sulfide) groups is 1. The van der Waals surface area contributed by atoms with Gasteiger partial charge in [0.1, 0.15) is 21.3 Å².